The van der Waals surface area contributed by atoms with E-state index in [1.54, 1.807) is 10.8 Å². The van der Waals surface area contributed by atoms with E-state index in [2.05, 4.69) is 10.3 Å². The number of anilines is 3. The van der Waals surface area contributed by atoms with Gasteiger partial charge in [-0.3, -0.25) is 9.13 Å². The van der Waals surface area contributed by atoms with E-state index in [1.165, 1.54) is 12.8 Å². The average molecular weight is 323 g/mol. The van der Waals surface area contributed by atoms with Crippen molar-refractivity contribution in [2.45, 2.75) is 31.7 Å². The lowest BCUT2D eigenvalue weighted by Gasteiger charge is -2.12. The van der Waals surface area contributed by atoms with Crippen molar-refractivity contribution in [3.63, 3.8) is 0 Å². The number of nitrogens with zero attached hydrogens (tertiary/aromatic N) is 3. The Morgan fingerprint density at radius 2 is 1.88 bits per heavy atom. The van der Waals surface area contributed by atoms with Crippen molar-refractivity contribution < 1.29 is 0 Å². The number of nitrogens with one attached hydrogen (secondary N) is 1. The molecule has 1 fully saturated rings. The first-order valence-electron chi connectivity index (χ1n) is 8.33. The van der Waals surface area contributed by atoms with E-state index < -0.39 is 0 Å². The molecule has 3 N–H and O–H groups in total. The molecule has 1 aromatic carbocycles. The summed E-state index contributed by atoms with van der Waals surface area (Å²) >= 11 is 0. The first-order chi connectivity index (χ1) is 11.6. The minimum absolute atomic E-state index is 0.0448. The number of aromatic nitrogens is 3. The maximum atomic E-state index is 12.6. The smallest absolute Gasteiger partial charge is 0.329 e. The van der Waals surface area contributed by atoms with E-state index in [4.69, 9.17) is 5.73 Å². The molecule has 24 heavy (non-hydrogen) atoms. The minimum atomic E-state index is 0.0448. The Balaban J connectivity index is 1.77. The van der Waals surface area contributed by atoms with E-state index in [0.29, 0.717) is 6.04 Å². The van der Waals surface area contributed by atoms with Gasteiger partial charge in [-0.15, -0.1) is 0 Å². The second-order valence-corrected chi connectivity index (χ2v) is 6.46. The van der Waals surface area contributed by atoms with Gasteiger partial charge in [-0.2, -0.15) is 0 Å². The van der Waals surface area contributed by atoms with Crippen LogP contribution in [0.4, 0.5) is 17.2 Å². The zero-order valence-corrected chi connectivity index (χ0v) is 13.7. The van der Waals surface area contributed by atoms with Crippen LogP contribution < -0.4 is 16.7 Å². The normalized spacial score (nSPS) is 15.2. The molecule has 2 heterocycles. The highest BCUT2D eigenvalue weighted by Gasteiger charge is 2.23. The minimum Gasteiger partial charge on any atom is -0.399 e. The highest BCUT2D eigenvalue weighted by molar-refractivity contribution is 5.79. The number of hydrogen-bond donors (Lipinski definition) is 2. The van der Waals surface area contributed by atoms with Crippen molar-refractivity contribution in [1.82, 2.24) is 14.1 Å². The summed E-state index contributed by atoms with van der Waals surface area (Å²) in [5.41, 5.74) is 9.22. The third-order valence-electron chi connectivity index (χ3n) is 4.85. The van der Waals surface area contributed by atoms with Crippen LogP contribution in [-0.4, -0.2) is 14.1 Å². The second kappa shape index (κ2) is 5.70. The molecule has 0 atom stereocenters. The maximum Gasteiger partial charge on any atom is 0.329 e. The molecule has 0 bridgehead atoms. The standard InChI is InChI=1S/C18H21N5O/c1-22-16-11-20-17(21-13-8-6-12(19)7-9-13)10-15(16)23(18(22)24)14-4-2-3-5-14/h6-11,14H,2-5,19H2,1H3,(H,20,21). The second-order valence-electron chi connectivity index (χ2n) is 6.46. The van der Waals surface area contributed by atoms with Gasteiger partial charge >= 0.3 is 5.69 Å². The summed E-state index contributed by atoms with van der Waals surface area (Å²) < 4.78 is 3.63. The number of fused-ring (bicyclic) bond motifs is 1. The van der Waals surface area contributed by atoms with Crippen LogP contribution >= 0.6 is 0 Å². The van der Waals surface area contributed by atoms with Gasteiger partial charge in [-0.05, 0) is 37.1 Å². The number of rotatable bonds is 3. The van der Waals surface area contributed by atoms with E-state index in [-0.39, 0.29) is 5.69 Å². The number of aryl methyl sites for hydroxylation is 1. The van der Waals surface area contributed by atoms with Gasteiger partial charge in [0.05, 0.1) is 17.2 Å². The van der Waals surface area contributed by atoms with Crippen LogP contribution in [0.15, 0.2) is 41.3 Å². The molecule has 124 valence electrons. The number of nitrogens with two attached hydrogens (primary N) is 1. The van der Waals surface area contributed by atoms with Gasteiger partial charge in [-0.1, -0.05) is 12.8 Å². The number of nitrogen functional groups attached to an aromatic ring is 1. The lowest BCUT2D eigenvalue weighted by Crippen LogP contribution is -2.24. The molecule has 0 spiro atoms. The van der Waals surface area contributed by atoms with Crippen LogP contribution in [0.1, 0.15) is 31.7 Å². The predicted molar refractivity (Wildman–Crippen MR) is 96.6 cm³/mol. The molecule has 0 amide bonds. The van der Waals surface area contributed by atoms with Crippen LogP contribution in [0.3, 0.4) is 0 Å². The van der Waals surface area contributed by atoms with Gasteiger partial charge in [0, 0.05) is 30.5 Å². The number of hydrogen-bond acceptors (Lipinski definition) is 4. The summed E-state index contributed by atoms with van der Waals surface area (Å²) in [5, 5.41) is 3.28. The fourth-order valence-electron chi connectivity index (χ4n) is 3.55. The summed E-state index contributed by atoms with van der Waals surface area (Å²) in [6.45, 7) is 0. The highest BCUT2D eigenvalue weighted by atomic mass is 16.1. The van der Waals surface area contributed by atoms with Gasteiger partial charge < -0.3 is 11.1 Å². The van der Waals surface area contributed by atoms with E-state index in [0.717, 1.165) is 41.1 Å². The molecule has 6 heteroatoms. The largest absolute Gasteiger partial charge is 0.399 e. The quantitative estimate of drug-likeness (QED) is 0.726. The summed E-state index contributed by atoms with van der Waals surface area (Å²) in [4.78, 5) is 17.1. The molecule has 1 aliphatic carbocycles. The highest BCUT2D eigenvalue weighted by Crippen LogP contribution is 2.31. The zero-order chi connectivity index (χ0) is 16.7. The molecule has 4 rings (SSSR count). The maximum absolute atomic E-state index is 12.6. The Morgan fingerprint density at radius 1 is 1.17 bits per heavy atom. The molecular weight excluding hydrogens is 302 g/mol. The lowest BCUT2D eigenvalue weighted by molar-refractivity contribution is 0.509. The summed E-state index contributed by atoms with van der Waals surface area (Å²) in [7, 11) is 1.81. The molecule has 0 radical (unpaired) electrons. The molecular formula is C18H21N5O. The van der Waals surface area contributed by atoms with Crippen LogP contribution in [0.5, 0.6) is 0 Å². The molecule has 3 aromatic rings. The molecule has 0 saturated heterocycles. The fourth-order valence-corrected chi connectivity index (χ4v) is 3.55. The van der Waals surface area contributed by atoms with E-state index in [9.17, 15) is 4.79 Å². The molecule has 0 aliphatic heterocycles. The monoisotopic (exact) mass is 323 g/mol. The summed E-state index contributed by atoms with van der Waals surface area (Å²) in [5.74, 6) is 0.726. The Hall–Kier alpha value is -2.76. The van der Waals surface area contributed by atoms with E-state index in [1.807, 2.05) is 41.9 Å². The van der Waals surface area contributed by atoms with Crippen molar-refractivity contribution in [3.05, 3.63) is 47.0 Å². The summed E-state index contributed by atoms with van der Waals surface area (Å²) in [6.07, 6.45) is 6.29. The Kier molecular flexibility index (Phi) is 3.52. The molecule has 0 unspecified atom stereocenters. The van der Waals surface area contributed by atoms with Crippen molar-refractivity contribution in [3.8, 4) is 0 Å². The van der Waals surface area contributed by atoms with Gasteiger partial charge in [-0.25, -0.2) is 9.78 Å². The van der Waals surface area contributed by atoms with Crippen LogP contribution in [0, 0.1) is 0 Å². The molecule has 6 nitrogen and oxygen atoms in total. The van der Waals surface area contributed by atoms with Crippen LogP contribution in [0.25, 0.3) is 11.0 Å². The third kappa shape index (κ3) is 2.44. The molecule has 2 aromatic heterocycles. The average Bonchev–Trinajstić information content (AvgIpc) is 3.18. The molecule has 1 aliphatic rings. The van der Waals surface area contributed by atoms with Gasteiger partial charge in [0.2, 0.25) is 0 Å². The van der Waals surface area contributed by atoms with Crippen LogP contribution in [-0.2, 0) is 7.05 Å². The predicted octanol–water partition coefficient (Wildman–Crippen LogP) is 3.18. The Morgan fingerprint density at radius 3 is 2.58 bits per heavy atom. The van der Waals surface area contributed by atoms with Crippen molar-refractivity contribution in [2.24, 2.45) is 7.05 Å². The fraction of sp³-hybridized carbons (Fsp3) is 0.333. The van der Waals surface area contributed by atoms with Gasteiger partial charge in [0.25, 0.3) is 0 Å². The Labute approximate surface area is 139 Å². The summed E-state index contributed by atoms with van der Waals surface area (Å²) in [6, 6.07) is 9.78. The van der Waals surface area contributed by atoms with E-state index >= 15 is 0 Å². The topological polar surface area (TPSA) is 77.9 Å². The Bertz CT molecular complexity index is 932. The third-order valence-corrected chi connectivity index (χ3v) is 4.85. The number of pyridine rings is 1. The number of imidazole rings is 1. The lowest BCUT2D eigenvalue weighted by atomic mass is 10.2. The van der Waals surface area contributed by atoms with Crippen LogP contribution in [0.2, 0.25) is 0 Å². The molecule has 1 saturated carbocycles. The number of benzene rings is 1. The zero-order valence-electron chi connectivity index (χ0n) is 13.7. The van der Waals surface area contributed by atoms with Crippen molar-refractivity contribution in [1.29, 1.82) is 0 Å². The van der Waals surface area contributed by atoms with Gasteiger partial charge in [0.1, 0.15) is 5.82 Å². The van der Waals surface area contributed by atoms with Gasteiger partial charge in [0.15, 0.2) is 0 Å². The first-order valence-corrected chi connectivity index (χ1v) is 8.33. The van der Waals surface area contributed by atoms with Crippen molar-refractivity contribution >= 4 is 28.2 Å². The first kappa shape index (κ1) is 14.8. The van der Waals surface area contributed by atoms with Crippen molar-refractivity contribution in [2.75, 3.05) is 11.1 Å². The SMILES string of the molecule is Cn1c(=O)n(C2CCCC2)c2cc(Nc3ccc(N)cc3)ncc21.